The number of ether oxygens (including phenoxy) is 1. The van der Waals surface area contributed by atoms with E-state index < -0.39 is 11.8 Å². The van der Waals surface area contributed by atoms with E-state index in [9.17, 15) is 14.4 Å². The van der Waals surface area contributed by atoms with Gasteiger partial charge in [0.25, 0.3) is 5.91 Å². The van der Waals surface area contributed by atoms with Gasteiger partial charge >= 0.3 is 0 Å². The fourth-order valence-electron chi connectivity index (χ4n) is 2.85. The molecule has 0 saturated heterocycles. The van der Waals surface area contributed by atoms with Gasteiger partial charge in [0.1, 0.15) is 6.61 Å². The van der Waals surface area contributed by atoms with Crippen LogP contribution in [0.3, 0.4) is 0 Å². The standard InChI is InChI=1S/C20H15Cl2NO4/c1-11(24)14-3-4-19-17(7-14)18(20(26)23(19)12(2)25)10-27-9-13-5-15(21)8-16(22)6-13/h3-8,10H,9H2,1-2H3. The number of ketones is 1. The molecule has 2 aromatic rings. The molecule has 138 valence electrons. The fourth-order valence-corrected chi connectivity index (χ4v) is 3.42. The van der Waals surface area contributed by atoms with Crippen molar-refractivity contribution >= 4 is 52.1 Å². The Morgan fingerprint density at radius 3 is 2.33 bits per heavy atom. The molecule has 0 unspecified atom stereocenters. The highest BCUT2D eigenvalue weighted by molar-refractivity contribution is 6.39. The van der Waals surface area contributed by atoms with E-state index >= 15 is 0 Å². The van der Waals surface area contributed by atoms with Crippen LogP contribution in [0.5, 0.6) is 0 Å². The van der Waals surface area contributed by atoms with Gasteiger partial charge in [-0.05, 0) is 48.9 Å². The number of halogens is 2. The first kappa shape index (κ1) is 19.1. The molecular formula is C20H15Cl2NO4. The molecule has 2 aromatic carbocycles. The third kappa shape index (κ3) is 3.89. The number of benzene rings is 2. The van der Waals surface area contributed by atoms with E-state index in [2.05, 4.69) is 0 Å². The van der Waals surface area contributed by atoms with Gasteiger partial charge in [0.2, 0.25) is 5.91 Å². The highest BCUT2D eigenvalue weighted by Crippen LogP contribution is 2.37. The van der Waals surface area contributed by atoms with E-state index in [4.69, 9.17) is 27.9 Å². The van der Waals surface area contributed by atoms with E-state index in [1.54, 1.807) is 36.4 Å². The molecule has 0 saturated carbocycles. The van der Waals surface area contributed by atoms with Crippen molar-refractivity contribution in [3.8, 4) is 0 Å². The summed E-state index contributed by atoms with van der Waals surface area (Å²) in [5.74, 6) is -1.05. The summed E-state index contributed by atoms with van der Waals surface area (Å²) in [7, 11) is 0. The highest BCUT2D eigenvalue weighted by Gasteiger charge is 2.35. The number of Topliss-reactive ketones (excluding diaryl/α,β-unsaturated/α-hetero) is 1. The zero-order chi connectivity index (χ0) is 19.7. The normalized spacial score (nSPS) is 14.4. The van der Waals surface area contributed by atoms with E-state index in [0.29, 0.717) is 26.9 Å². The maximum atomic E-state index is 12.7. The number of hydrogen-bond acceptors (Lipinski definition) is 4. The van der Waals surface area contributed by atoms with Crippen LogP contribution in [0.1, 0.15) is 35.3 Å². The molecule has 2 amide bonds. The number of carbonyl (C=O) groups excluding carboxylic acids is 3. The Hall–Kier alpha value is -2.63. The van der Waals surface area contributed by atoms with Crippen LogP contribution >= 0.6 is 23.2 Å². The van der Waals surface area contributed by atoms with Gasteiger partial charge in [0.15, 0.2) is 5.78 Å². The molecule has 0 aromatic heterocycles. The molecule has 3 rings (SSSR count). The Balaban J connectivity index is 1.93. The number of rotatable bonds is 4. The zero-order valence-electron chi connectivity index (χ0n) is 14.6. The largest absolute Gasteiger partial charge is 0.496 e. The van der Waals surface area contributed by atoms with Crippen molar-refractivity contribution < 1.29 is 19.1 Å². The minimum Gasteiger partial charge on any atom is -0.496 e. The molecule has 0 spiro atoms. The number of hydrogen-bond donors (Lipinski definition) is 0. The summed E-state index contributed by atoms with van der Waals surface area (Å²) in [5.41, 5.74) is 2.29. The third-order valence-electron chi connectivity index (χ3n) is 4.06. The van der Waals surface area contributed by atoms with Crippen LogP contribution in [0.25, 0.3) is 5.57 Å². The maximum Gasteiger partial charge on any atom is 0.268 e. The van der Waals surface area contributed by atoms with Gasteiger partial charge in [0.05, 0.1) is 17.5 Å². The average molecular weight is 404 g/mol. The molecule has 0 aliphatic carbocycles. The molecule has 0 N–H and O–H groups in total. The second kappa shape index (κ2) is 7.55. The van der Waals surface area contributed by atoms with E-state index in [0.717, 1.165) is 10.5 Å². The monoisotopic (exact) mass is 403 g/mol. The average Bonchev–Trinajstić information content (AvgIpc) is 2.85. The molecular weight excluding hydrogens is 389 g/mol. The first-order chi connectivity index (χ1) is 12.8. The number of anilines is 1. The van der Waals surface area contributed by atoms with Gasteiger partial charge in [-0.1, -0.05) is 23.2 Å². The SMILES string of the molecule is CC(=O)c1ccc2c(c1)C(=COCc1cc(Cl)cc(Cl)c1)C(=O)N2C(C)=O. The minimum absolute atomic E-state index is 0.138. The quantitative estimate of drug-likeness (QED) is 0.423. The van der Waals surface area contributed by atoms with E-state index in [-0.39, 0.29) is 18.0 Å². The molecule has 5 nitrogen and oxygen atoms in total. The van der Waals surface area contributed by atoms with Crippen molar-refractivity contribution in [1.29, 1.82) is 0 Å². The van der Waals surface area contributed by atoms with Crippen molar-refractivity contribution in [1.82, 2.24) is 0 Å². The minimum atomic E-state index is -0.498. The Morgan fingerprint density at radius 1 is 1.07 bits per heavy atom. The predicted molar refractivity (Wildman–Crippen MR) is 104 cm³/mol. The number of imide groups is 1. The van der Waals surface area contributed by atoms with Crippen LogP contribution < -0.4 is 4.90 Å². The smallest absolute Gasteiger partial charge is 0.268 e. The summed E-state index contributed by atoms with van der Waals surface area (Å²) in [5, 5.41) is 0.954. The number of carbonyl (C=O) groups is 3. The maximum absolute atomic E-state index is 12.7. The van der Waals surface area contributed by atoms with Crippen molar-refractivity contribution in [2.24, 2.45) is 0 Å². The van der Waals surface area contributed by atoms with Gasteiger partial charge < -0.3 is 4.74 Å². The third-order valence-corrected chi connectivity index (χ3v) is 4.49. The zero-order valence-corrected chi connectivity index (χ0v) is 16.1. The number of nitrogens with zero attached hydrogens (tertiary/aromatic N) is 1. The summed E-state index contributed by atoms with van der Waals surface area (Å²) in [4.78, 5) is 37.3. The summed E-state index contributed by atoms with van der Waals surface area (Å²) in [6.07, 6.45) is 1.29. The van der Waals surface area contributed by atoms with Gasteiger partial charge in [-0.3, -0.25) is 14.4 Å². The second-order valence-electron chi connectivity index (χ2n) is 6.07. The fraction of sp³-hybridized carbons (Fsp3) is 0.150. The Labute approximate surface area is 166 Å². The second-order valence-corrected chi connectivity index (χ2v) is 6.94. The summed E-state index contributed by atoms with van der Waals surface area (Å²) < 4.78 is 5.55. The van der Waals surface area contributed by atoms with E-state index in [1.807, 2.05) is 0 Å². The van der Waals surface area contributed by atoms with Crippen LogP contribution in [0.2, 0.25) is 10.0 Å². The van der Waals surface area contributed by atoms with Crippen molar-refractivity contribution in [2.75, 3.05) is 4.90 Å². The number of fused-ring (bicyclic) bond motifs is 1. The molecule has 7 heteroatoms. The lowest BCUT2D eigenvalue weighted by Crippen LogP contribution is -2.31. The van der Waals surface area contributed by atoms with Crippen LogP contribution in [0, 0.1) is 0 Å². The van der Waals surface area contributed by atoms with Gasteiger partial charge in [-0.15, -0.1) is 0 Å². The van der Waals surface area contributed by atoms with Crippen LogP contribution in [-0.4, -0.2) is 17.6 Å². The molecule has 1 heterocycles. The molecule has 1 aliphatic rings. The summed E-state index contributed by atoms with van der Waals surface area (Å²) in [6.45, 7) is 2.88. The van der Waals surface area contributed by atoms with Crippen LogP contribution in [0.15, 0.2) is 42.7 Å². The van der Waals surface area contributed by atoms with Crippen molar-refractivity contribution in [3.05, 3.63) is 69.4 Å². The molecule has 0 atom stereocenters. The molecule has 0 bridgehead atoms. The highest BCUT2D eigenvalue weighted by atomic mass is 35.5. The lowest BCUT2D eigenvalue weighted by molar-refractivity contribution is -0.122. The van der Waals surface area contributed by atoms with Crippen LogP contribution in [0.4, 0.5) is 5.69 Å². The Bertz CT molecular complexity index is 977. The predicted octanol–water partition coefficient (Wildman–Crippen LogP) is 4.65. The van der Waals surface area contributed by atoms with Gasteiger partial charge in [-0.25, -0.2) is 4.90 Å². The molecule has 27 heavy (non-hydrogen) atoms. The van der Waals surface area contributed by atoms with Crippen LogP contribution in [-0.2, 0) is 20.9 Å². The molecule has 0 radical (unpaired) electrons. The summed E-state index contributed by atoms with van der Waals surface area (Å²) >= 11 is 11.9. The first-order valence-corrected chi connectivity index (χ1v) is 8.80. The number of amides is 2. The topological polar surface area (TPSA) is 63.7 Å². The lowest BCUT2D eigenvalue weighted by atomic mass is 10.0. The van der Waals surface area contributed by atoms with Gasteiger partial charge in [0, 0.05) is 28.1 Å². The van der Waals surface area contributed by atoms with Crippen molar-refractivity contribution in [2.45, 2.75) is 20.5 Å². The molecule has 0 fully saturated rings. The van der Waals surface area contributed by atoms with E-state index in [1.165, 1.54) is 20.1 Å². The Kier molecular flexibility index (Phi) is 5.35. The van der Waals surface area contributed by atoms with Crippen molar-refractivity contribution in [3.63, 3.8) is 0 Å². The lowest BCUT2D eigenvalue weighted by Gasteiger charge is -2.12. The Morgan fingerprint density at radius 2 is 1.74 bits per heavy atom. The summed E-state index contributed by atoms with van der Waals surface area (Å²) in [6, 6.07) is 9.77. The first-order valence-electron chi connectivity index (χ1n) is 8.05. The van der Waals surface area contributed by atoms with Gasteiger partial charge in [-0.2, -0.15) is 0 Å². The molecule has 1 aliphatic heterocycles.